The summed E-state index contributed by atoms with van der Waals surface area (Å²) in [6, 6.07) is 6.97. The molecule has 0 saturated carbocycles. The van der Waals surface area contributed by atoms with E-state index >= 15 is 0 Å². The molecule has 6 heteroatoms. The van der Waals surface area contributed by atoms with E-state index in [4.69, 9.17) is 21.1 Å². The molecule has 3 atom stereocenters. The number of aliphatic hydroxyl groups is 1. The first-order chi connectivity index (χ1) is 14.8. The van der Waals surface area contributed by atoms with Crippen LogP contribution in [0.15, 0.2) is 60.7 Å². The van der Waals surface area contributed by atoms with Crippen molar-refractivity contribution >= 4 is 23.4 Å². The molecular formula is C25H31ClO5. The number of aliphatic hydroxyl groups excluding tert-OH is 1. The highest BCUT2D eigenvalue weighted by molar-refractivity contribution is 6.30. The Labute approximate surface area is 189 Å². The van der Waals surface area contributed by atoms with Crippen LogP contribution in [0.25, 0.3) is 0 Å². The Morgan fingerprint density at radius 2 is 2.10 bits per heavy atom. The van der Waals surface area contributed by atoms with Crippen molar-refractivity contribution in [3.8, 4) is 5.75 Å². The average Bonchev–Trinajstić information content (AvgIpc) is 3.06. The quantitative estimate of drug-likeness (QED) is 0.275. The SMILES string of the molecule is CC(C)OC(=O)CCCC=CCC1C=CC(=O)[C@@H]1C=C[C@@H](O)COc1cccc(Cl)c1. The summed E-state index contributed by atoms with van der Waals surface area (Å²) in [6.07, 6.45) is 12.7. The number of hydrogen-bond donors (Lipinski definition) is 1. The van der Waals surface area contributed by atoms with Crippen LogP contribution in [-0.4, -0.2) is 35.7 Å². The molecule has 1 N–H and O–H groups in total. The van der Waals surface area contributed by atoms with Gasteiger partial charge in [0, 0.05) is 17.4 Å². The fourth-order valence-corrected chi connectivity index (χ4v) is 3.40. The van der Waals surface area contributed by atoms with Crippen molar-refractivity contribution in [1.29, 1.82) is 0 Å². The third-order valence-electron chi connectivity index (χ3n) is 4.75. The summed E-state index contributed by atoms with van der Waals surface area (Å²) in [7, 11) is 0. The molecule has 0 spiro atoms. The van der Waals surface area contributed by atoms with E-state index in [1.54, 1.807) is 42.5 Å². The van der Waals surface area contributed by atoms with E-state index in [-0.39, 0.29) is 36.3 Å². The third kappa shape index (κ3) is 9.53. The first-order valence-corrected chi connectivity index (χ1v) is 11.0. The van der Waals surface area contributed by atoms with E-state index in [0.717, 1.165) is 19.3 Å². The Morgan fingerprint density at radius 3 is 2.84 bits per heavy atom. The molecule has 0 fully saturated rings. The van der Waals surface area contributed by atoms with Gasteiger partial charge >= 0.3 is 5.97 Å². The molecule has 1 aromatic rings. The van der Waals surface area contributed by atoms with E-state index < -0.39 is 6.10 Å². The number of ketones is 1. The standard InChI is InChI=1S/C25H31ClO5/c1-18(2)31-25(29)11-6-4-3-5-8-19-12-15-24(28)23(19)14-13-21(27)17-30-22-10-7-9-20(26)16-22/h3,5,7,9-10,12-16,18-19,21,23,27H,4,6,8,11,17H2,1-2H3/t19?,21-,23-/m1/s1. The lowest BCUT2D eigenvalue weighted by molar-refractivity contribution is -0.147. The molecular weight excluding hydrogens is 416 g/mol. The van der Waals surface area contributed by atoms with E-state index in [1.807, 2.05) is 32.1 Å². The molecule has 1 aromatic carbocycles. The van der Waals surface area contributed by atoms with Crippen molar-refractivity contribution in [2.45, 2.75) is 51.7 Å². The van der Waals surface area contributed by atoms with Crippen molar-refractivity contribution in [1.82, 2.24) is 0 Å². The molecule has 1 aliphatic carbocycles. The van der Waals surface area contributed by atoms with Gasteiger partial charge < -0.3 is 14.6 Å². The van der Waals surface area contributed by atoms with Crippen LogP contribution in [0.1, 0.15) is 39.5 Å². The molecule has 2 rings (SSSR count). The van der Waals surface area contributed by atoms with Crippen molar-refractivity contribution in [3.05, 3.63) is 65.7 Å². The summed E-state index contributed by atoms with van der Waals surface area (Å²) in [5, 5.41) is 10.7. The highest BCUT2D eigenvalue weighted by Gasteiger charge is 2.26. The summed E-state index contributed by atoms with van der Waals surface area (Å²) in [5.74, 6) is 0.224. The first kappa shape index (κ1) is 24.9. The predicted molar refractivity (Wildman–Crippen MR) is 122 cm³/mol. The molecule has 0 bridgehead atoms. The van der Waals surface area contributed by atoms with Gasteiger partial charge in [-0.25, -0.2) is 0 Å². The Hall–Kier alpha value is -2.37. The maximum atomic E-state index is 12.2. The molecule has 0 aromatic heterocycles. The lowest BCUT2D eigenvalue weighted by atomic mass is 9.91. The predicted octanol–water partition coefficient (Wildman–Crippen LogP) is 5.08. The molecule has 0 saturated heterocycles. The van der Waals surface area contributed by atoms with Gasteiger partial charge in [0.15, 0.2) is 5.78 Å². The molecule has 0 aliphatic heterocycles. The smallest absolute Gasteiger partial charge is 0.306 e. The number of halogens is 1. The van der Waals surface area contributed by atoms with Crippen LogP contribution in [0.2, 0.25) is 5.02 Å². The fourth-order valence-electron chi connectivity index (χ4n) is 3.22. The number of allylic oxidation sites excluding steroid dienone is 5. The van der Waals surface area contributed by atoms with Gasteiger partial charge in [-0.2, -0.15) is 0 Å². The highest BCUT2D eigenvalue weighted by Crippen LogP contribution is 2.27. The number of carbonyl (C=O) groups is 2. The van der Waals surface area contributed by atoms with Gasteiger partial charge in [-0.3, -0.25) is 9.59 Å². The van der Waals surface area contributed by atoms with Crippen LogP contribution in [0.4, 0.5) is 0 Å². The number of rotatable bonds is 12. The van der Waals surface area contributed by atoms with E-state index in [2.05, 4.69) is 0 Å². The second-order valence-corrected chi connectivity index (χ2v) is 8.25. The normalized spacial score (nSPS) is 19.6. The Balaban J connectivity index is 1.73. The lowest BCUT2D eigenvalue weighted by Gasteiger charge is -2.14. The number of carbonyl (C=O) groups excluding carboxylic acids is 2. The van der Waals surface area contributed by atoms with Crippen LogP contribution >= 0.6 is 11.6 Å². The third-order valence-corrected chi connectivity index (χ3v) is 4.98. The van der Waals surface area contributed by atoms with E-state index in [1.165, 1.54) is 0 Å². The lowest BCUT2D eigenvalue weighted by Crippen LogP contribution is -2.17. The largest absolute Gasteiger partial charge is 0.491 e. The summed E-state index contributed by atoms with van der Waals surface area (Å²) >= 11 is 5.91. The molecule has 0 heterocycles. The molecule has 168 valence electrons. The average molecular weight is 447 g/mol. The van der Waals surface area contributed by atoms with Crippen LogP contribution in [0, 0.1) is 11.8 Å². The highest BCUT2D eigenvalue weighted by atomic mass is 35.5. The van der Waals surface area contributed by atoms with Gasteiger partial charge in [0.05, 0.1) is 6.10 Å². The first-order valence-electron chi connectivity index (χ1n) is 10.7. The topological polar surface area (TPSA) is 72.8 Å². The maximum Gasteiger partial charge on any atom is 0.306 e. The van der Waals surface area contributed by atoms with E-state index in [9.17, 15) is 14.7 Å². The van der Waals surface area contributed by atoms with Crippen LogP contribution < -0.4 is 4.74 Å². The zero-order valence-electron chi connectivity index (χ0n) is 18.1. The maximum absolute atomic E-state index is 12.2. The zero-order valence-corrected chi connectivity index (χ0v) is 18.8. The van der Waals surface area contributed by atoms with Crippen LogP contribution in [0.3, 0.4) is 0 Å². The second-order valence-electron chi connectivity index (χ2n) is 7.81. The summed E-state index contributed by atoms with van der Waals surface area (Å²) < 4.78 is 10.6. The molecule has 31 heavy (non-hydrogen) atoms. The van der Waals surface area contributed by atoms with Crippen LogP contribution in [0.5, 0.6) is 5.75 Å². The van der Waals surface area contributed by atoms with Gasteiger partial charge in [0.25, 0.3) is 0 Å². The van der Waals surface area contributed by atoms with Gasteiger partial charge in [-0.05, 0) is 63.3 Å². The minimum Gasteiger partial charge on any atom is -0.491 e. The number of hydrogen-bond acceptors (Lipinski definition) is 5. The molecule has 5 nitrogen and oxygen atoms in total. The van der Waals surface area contributed by atoms with Crippen molar-refractivity contribution in [2.24, 2.45) is 11.8 Å². The summed E-state index contributed by atoms with van der Waals surface area (Å²) in [5.41, 5.74) is 0. The number of esters is 1. The Morgan fingerprint density at radius 1 is 1.29 bits per heavy atom. The second kappa shape index (κ2) is 13.1. The summed E-state index contributed by atoms with van der Waals surface area (Å²) in [6.45, 7) is 3.75. The fraction of sp³-hybridized carbons (Fsp3) is 0.440. The van der Waals surface area contributed by atoms with Crippen LogP contribution in [-0.2, 0) is 14.3 Å². The monoisotopic (exact) mass is 446 g/mol. The Bertz CT molecular complexity index is 812. The van der Waals surface area contributed by atoms with Crippen molar-refractivity contribution in [3.63, 3.8) is 0 Å². The van der Waals surface area contributed by atoms with Gasteiger partial charge in [-0.15, -0.1) is 0 Å². The molecule has 0 amide bonds. The molecule has 0 radical (unpaired) electrons. The number of ether oxygens (including phenoxy) is 2. The Kier molecular flexibility index (Phi) is 10.5. The van der Waals surface area contributed by atoms with Crippen molar-refractivity contribution in [2.75, 3.05) is 6.61 Å². The van der Waals surface area contributed by atoms with E-state index in [0.29, 0.717) is 17.2 Å². The van der Waals surface area contributed by atoms with Crippen molar-refractivity contribution < 1.29 is 24.2 Å². The molecule has 1 unspecified atom stereocenters. The van der Waals surface area contributed by atoms with Gasteiger partial charge in [0.1, 0.15) is 18.5 Å². The van der Waals surface area contributed by atoms with Gasteiger partial charge in [0.2, 0.25) is 0 Å². The molecule has 1 aliphatic rings. The summed E-state index contributed by atoms with van der Waals surface area (Å²) in [4.78, 5) is 23.7. The zero-order chi connectivity index (χ0) is 22.6. The minimum atomic E-state index is -0.825. The number of unbranched alkanes of at least 4 members (excludes halogenated alkanes) is 1. The minimum absolute atomic E-state index is 0.0361. The number of benzene rings is 1. The van der Waals surface area contributed by atoms with Gasteiger partial charge in [-0.1, -0.05) is 48.0 Å².